The summed E-state index contributed by atoms with van der Waals surface area (Å²) < 4.78 is 5.31. The predicted octanol–water partition coefficient (Wildman–Crippen LogP) is 5.80. The maximum absolute atomic E-state index is 12.7. The Hall–Kier alpha value is -1.88. The number of aromatic amines is 1. The number of carbonyl (C=O) groups excluding carboxylic acids is 1. The molecule has 1 N–H and O–H groups in total. The first-order valence-electron chi connectivity index (χ1n) is 8.63. The van der Waals surface area contributed by atoms with Crippen molar-refractivity contribution in [1.29, 1.82) is 0 Å². The van der Waals surface area contributed by atoms with E-state index in [1.807, 2.05) is 42.5 Å². The van der Waals surface area contributed by atoms with Gasteiger partial charge < -0.3 is 9.72 Å². The first-order valence-corrected chi connectivity index (χ1v) is 9.92. The zero-order valence-corrected chi connectivity index (χ0v) is 16.6. The summed E-state index contributed by atoms with van der Waals surface area (Å²) >= 11 is 17.9. The van der Waals surface area contributed by atoms with Crippen molar-refractivity contribution >= 4 is 51.8 Å². The maximum Gasteiger partial charge on any atom is 0.410 e. The van der Waals surface area contributed by atoms with Crippen LogP contribution in [0.2, 0.25) is 10.0 Å². The number of aromatic nitrogens is 1. The number of benzene rings is 2. The average molecular weight is 424 g/mol. The van der Waals surface area contributed by atoms with Crippen LogP contribution in [0.4, 0.5) is 4.79 Å². The molecule has 0 fully saturated rings. The molecule has 3 aromatic rings. The van der Waals surface area contributed by atoms with Crippen molar-refractivity contribution in [1.82, 2.24) is 9.88 Å². The van der Waals surface area contributed by atoms with E-state index < -0.39 is 0 Å². The summed E-state index contributed by atoms with van der Waals surface area (Å²) in [7, 11) is 0. The van der Waals surface area contributed by atoms with Gasteiger partial charge in [0.25, 0.3) is 0 Å². The zero-order valence-electron chi connectivity index (χ0n) is 14.3. The standard InChI is InChI=1S/C20H17Cl3N2O2/c21-8-10-27-20(26)25-9-7-15-16-11-14(23)5-6-17(16)24-18(15)19(25)12-1-3-13(22)4-2-12/h1-6,11,19,24H,7-10H2. The highest BCUT2D eigenvalue weighted by Crippen LogP contribution is 2.39. The summed E-state index contributed by atoms with van der Waals surface area (Å²) in [5, 5.41) is 2.43. The molecule has 2 heterocycles. The van der Waals surface area contributed by atoms with Crippen LogP contribution >= 0.6 is 34.8 Å². The van der Waals surface area contributed by atoms with Crippen molar-refractivity contribution in [2.75, 3.05) is 19.0 Å². The fraction of sp³-hybridized carbons (Fsp3) is 0.250. The molecule has 1 aliphatic heterocycles. The molecule has 0 saturated carbocycles. The predicted molar refractivity (Wildman–Crippen MR) is 109 cm³/mol. The van der Waals surface area contributed by atoms with Crippen LogP contribution in [0.15, 0.2) is 42.5 Å². The van der Waals surface area contributed by atoms with Gasteiger partial charge in [-0.05, 0) is 47.9 Å². The lowest BCUT2D eigenvalue weighted by molar-refractivity contribution is 0.0938. The highest BCUT2D eigenvalue weighted by Gasteiger charge is 2.35. The van der Waals surface area contributed by atoms with Crippen LogP contribution in [0, 0.1) is 0 Å². The molecule has 1 aliphatic rings. The third-order valence-corrected chi connectivity index (χ3v) is 5.45. The van der Waals surface area contributed by atoms with Crippen LogP contribution in [0.1, 0.15) is 22.9 Å². The van der Waals surface area contributed by atoms with Crippen LogP contribution in [0.3, 0.4) is 0 Å². The summed E-state index contributed by atoms with van der Waals surface area (Å²) in [5.74, 6) is 0.265. The molecule has 140 valence electrons. The number of halogens is 3. The third-order valence-electron chi connectivity index (χ3n) is 4.81. The number of H-pyrrole nitrogens is 1. The van der Waals surface area contributed by atoms with E-state index in [0.29, 0.717) is 16.6 Å². The fourth-order valence-corrected chi connectivity index (χ4v) is 4.03. The first kappa shape index (κ1) is 18.5. The Morgan fingerprint density at radius 2 is 1.89 bits per heavy atom. The Kier molecular flexibility index (Phi) is 5.22. The Morgan fingerprint density at radius 1 is 1.15 bits per heavy atom. The minimum absolute atomic E-state index is 0.180. The van der Waals surface area contributed by atoms with E-state index in [-0.39, 0.29) is 24.6 Å². The Bertz CT molecular complexity index is 985. The van der Waals surface area contributed by atoms with E-state index in [4.69, 9.17) is 39.5 Å². The van der Waals surface area contributed by atoms with Crippen LogP contribution in [-0.2, 0) is 11.2 Å². The second kappa shape index (κ2) is 7.63. The topological polar surface area (TPSA) is 45.3 Å². The van der Waals surface area contributed by atoms with Gasteiger partial charge in [-0.3, -0.25) is 4.90 Å². The summed E-state index contributed by atoms with van der Waals surface area (Å²) in [5.41, 5.74) is 4.11. The molecule has 0 spiro atoms. The summed E-state index contributed by atoms with van der Waals surface area (Å²) in [6.07, 6.45) is 0.341. The van der Waals surface area contributed by atoms with E-state index >= 15 is 0 Å². The number of nitrogens with zero attached hydrogens (tertiary/aromatic N) is 1. The number of carbonyl (C=O) groups is 1. The molecule has 7 heteroatoms. The second-order valence-electron chi connectivity index (χ2n) is 6.41. The van der Waals surface area contributed by atoms with Gasteiger partial charge in [-0.1, -0.05) is 35.3 Å². The molecule has 4 nitrogen and oxygen atoms in total. The number of alkyl halides is 1. The van der Waals surface area contributed by atoms with Crippen molar-refractivity contribution in [2.24, 2.45) is 0 Å². The molecule has 1 aromatic heterocycles. The van der Waals surface area contributed by atoms with Gasteiger partial charge in [0, 0.05) is 33.2 Å². The lowest BCUT2D eigenvalue weighted by Crippen LogP contribution is -2.41. The highest BCUT2D eigenvalue weighted by atomic mass is 35.5. The van der Waals surface area contributed by atoms with Crippen molar-refractivity contribution < 1.29 is 9.53 Å². The van der Waals surface area contributed by atoms with Gasteiger partial charge in [-0.2, -0.15) is 0 Å². The second-order valence-corrected chi connectivity index (χ2v) is 7.66. The molecular weight excluding hydrogens is 407 g/mol. The van der Waals surface area contributed by atoms with Crippen molar-refractivity contribution in [3.05, 3.63) is 69.3 Å². The average Bonchev–Trinajstić information content (AvgIpc) is 3.04. The number of nitrogens with one attached hydrogen (secondary N) is 1. The lowest BCUT2D eigenvalue weighted by Gasteiger charge is -2.35. The maximum atomic E-state index is 12.7. The molecule has 2 aromatic carbocycles. The summed E-state index contributed by atoms with van der Waals surface area (Å²) in [4.78, 5) is 17.9. The van der Waals surface area contributed by atoms with Crippen molar-refractivity contribution in [2.45, 2.75) is 12.5 Å². The third kappa shape index (κ3) is 3.49. The van der Waals surface area contributed by atoms with Gasteiger partial charge in [-0.25, -0.2) is 4.79 Å². The Labute approximate surface area is 172 Å². The molecule has 0 radical (unpaired) electrons. The number of ether oxygens (including phenoxy) is 1. The van der Waals surface area contributed by atoms with Crippen LogP contribution < -0.4 is 0 Å². The zero-order chi connectivity index (χ0) is 19.0. The summed E-state index contributed by atoms with van der Waals surface area (Å²) in [6, 6.07) is 13.0. The largest absolute Gasteiger partial charge is 0.448 e. The molecule has 0 bridgehead atoms. The van der Waals surface area contributed by atoms with Crippen LogP contribution in [0.5, 0.6) is 0 Å². The minimum Gasteiger partial charge on any atom is -0.448 e. The monoisotopic (exact) mass is 422 g/mol. The number of hydrogen-bond donors (Lipinski definition) is 1. The van der Waals surface area contributed by atoms with E-state index in [1.54, 1.807) is 4.90 Å². The van der Waals surface area contributed by atoms with Gasteiger partial charge in [0.15, 0.2) is 0 Å². The Morgan fingerprint density at radius 3 is 2.63 bits per heavy atom. The van der Waals surface area contributed by atoms with Crippen LogP contribution in [0.25, 0.3) is 10.9 Å². The van der Waals surface area contributed by atoms with E-state index in [0.717, 1.165) is 28.6 Å². The van der Waals surface area contributed by atoms with Crippen LogP contribution in [-0.4, -0.2) is 35.0 Å². The van der Waals surface area contributed by atoms with Crippen molar-refractivity contribution in [3.63, 3.8) is 0 Å². The molecule has 0 saturated heterocycles. The van der Waals surface area contributed by atoms with Gasteiger partial charge >= 0.3 is 6.09 Å². The molecule has 27 heavy (non-hydrogen) atoms. The number of hydrogen-bond acceptors (Lipinski definition) is 2. The Balaban J connectivity index is 1.83. The summed E-state index contributed by atoms with van der Waals surface area (Å²) in [6.45, 7) is 0.722. The number of amides is 1. The van der Waals surface area contributed by atoms with Gasteiger partial charge in [-0.15, -0.1) is 11.6 Å². The fourth-order valence-electron chi connectivity index (χ4n) is 3.66. The van der Waals surface area contributed by atoms with Gasteiger partial charge in [0.2, 0.25) is 0 Å². The smallest absolute Gasteiger partial charge is 0.410 e. The number of rotatable bonds is 3. The highest BCUT2D eigenvalue weighted by molar-refractivity contribution is 6.31. The normalized spacial score (nSPS) is 16.4. The molecule has 1 atom stereocenters. The molecule has 0 aliphatic carbocycles. The van der Waals surface area contributed by atoms with E-state index in [9.17, 15) is 4.79 Å². The first-order chi connectivity index (χ1) is 13.1. The molecular formula is C20H17Cl3N2O2. The SMILES string of the molecule is O=C(OCCCl)N1CCc2c([nH]c3ccc(Cl)cc23)C1c1ccc(Cl)cc1. The van der Waals surface area contributed by atoms with Gasteiger partial charge in [0.1, 0.15) is 12.6 Å². The molecule has 1 unspecified atom stereocenters. The molecule has 1 amide bonds. The van der Waals surface area contributed by atoms with Gasteiger partial charge in [0.05, 0.1) is 5.88 Å². The lowest BCUT2D eigenvalue weighted by atomic mass is 9.93. The van der Waals surface area contributed by atoms with E-state index in [2.05, 4.69) is 4.98 Å². The quantitative estimate of drug-likeness (QED) is 0.541. The van der Waals surface area contributed by atoms with E-state index in [1.165, 1.54) is 5.56 Å². The molecule has 4 rings (SSSR count). The van der Waals surface area contributed by atoms with Crippen molar-refractivity contribution in [3.8, 4) is 0 Å². The number of fused-ring (bicyclic) bond motifs is 3. The minimum atomic E-state index is -0.377.